The Morgan fingerprint density at radius 3 is 2.77 bits per heavy atom. The summed E-state index contributed by atoms with van der Waals surface area (Å²) in [5, 5.41) is 28.7. The Kier molecular flexibility index (Phi) is 9.79. The highest BCUT2D eigenvalue weighted by atomic mass is 16.5. The molecule has 3 aromatic rings. The van der Waals surface area contributed by atoms with Crippen molar-refractivity contribution in [3.63, 3.8) is 0 Å². The molecule has 232 valence electrons. The van der Waals surface area contributed by atoms with Gasteiger partial charge in [0.1, 0.15) is 5.60 Å². The van der Waals surface area contributed by atoms with E-state index in [1.807, 2.05) is 46.7 Å². The smallest absolute Gasteiger partial charge is 0.308 e. The molecule has 2 fully saturated rings. The van der Waals surface area contributed by atoms with Crippen molar-refractivity contribution in [3.8, 4) is 17.1 Å². The Morgan fingerprint density at radius 1 is 1.21 bits per heavy atom. The van der Waals surface area contributed by atoms with E-state index in [1.165, 1.54) is 0 Å². The number of methoxy groups -OCH3 is 1. The average molecular weight is 595 g/mol. The number of hydrogen-bond donors (Lipinski definition) is 3. The molecule has 1 saturated heterocycles. The Morgan fingerprint density at radius 2 is 2.02 bits per heavy atom. The first-order valence-electron chi connectivity index (χ1n) is 15.1. The van der Waals surface area contributed by atoms with Gasteiger partial charge in [-0.05, 0) is 19.8 Å². The summed E-state index contributed by atoms with van der Waals surface area (Å²) in [4.78, 5) is 32.1. The molecule has 1 saturated carbocycles. The van der Waals surface area contributed by atoms with Crippen LogP contribution < -0.4 is 10.1 Å². The minimum atomic E-state index is -1.06. The molecule has 1 amide bonds. The van der Waals surface area contributed by atoms with Crippen LogP contribution >= 0.6 is 0 Å². The van der Waals surface area contributed by atoms with E-state index in [1.54, 1.807) is 24.3 Å². The largest absolute Gasteiger partial charge is 0.481 e. The van der Waals surface area contributed by atoms with Gasteiger partial charge in [0.25, 0.3) is 5.91 Å². The van der Waals surface area contributed by atoms with Gasteiger partial charge in [-0.15, -0.1) is 5.10 Å². The molecule has 43 heavy (non-hydrogen) atoms. The number of ether oxygens (including phenoxy) is 2. The van der Waals surface area contributed by atoms with Crippen LogP contribution in [0, 0.1) is 0 Å². The minimum Gasteiger partial charge on any atom is -0.481 e. The van der Waals surface area contributed by atoms with Gasteiger partial charge < -0.3 is 34.5 Å². The van der Waals surface area contributed by atoms with Crippen molar-refractivity contribution in [2.75, 3.05) is 40.0 Å². The van der Waals surface area contributed by atoms with Crippen molar-refractivity contribution in [1.29, 1.82) is 0 Å². The fourth-order valence-corrected chi connectivity index (χ4v) is 6.38. The summed E-state index contributed by atoms with van der Waals surface area (Å²) in [5.41, 5.74) is 1.38. The summed E-state index contributed by atoms with van der Waals surface area (Å²) >= 11 is 0. The molecule has 0 bridgehead atoms. The standard InChI is InChI=1S/C31H42N6O6/c1-3-35-19-23(17-26(38)39)29(34-35)43-16-12-24-18-32-14-15-36(24)30(40)27-28(22-9-5-4-6-10-22)37(21-33-27)25-11-7-8-13-31(25,41)20-42-2/h4-6,9-10,19,21,24-25,32,41H,3,7-8,11-18,20H2,1-2H3,(H,38,39)/t24-,25-,31-/m1/s1. The second kappa shape index (κ2) is 13.7. The zero-order valence-corrected chi connectivity index (χ0v) is 24.9. The lowest BCUT2D eigenvalue weighted by atomic mass is 9.80. The Bertz CT molecular complexity index is 1390. The van der Waals surface area contributed by atoms with Gasteiger partial charge in [0.15, 0.2) is 5.69 Å². The van der Waals surface area contributed by atoms with E-state index in [2.05, 4.69) is 15.4 Å². The van der Waals surface area contributed by atoms with Crippen LogP contribution in [0.1, 0.15) is 61.1 Å². The van der Waals surface area contributed by atoms with Crippen molar-refractivity contribution < 1.29 is 29.3 Å². The third kappa shape index (κ3) is 6.76. The van der Waals surface area contributed by atoms with Gasteiger partial charge in [-0.2, -0.15) is 0 Å². The van der Waals surface area contributed by atoms with E-state index < -0.39 is 11.6 Å². The van der Waals surface area contributed by atoms with Gasteiger partial charge in [-0.1, -0.05) is 43.2 Å². The van der Waals surface area contributed by atoms with Crippen molar-refractivity contribution in [3.05, 3.63) is 54.1 Å². The number of carboxylic acids is 1. The number of amides is 1. The number of aryl methyl sites for hydroxylation is 1. The first kappa shape index (κ1) is 30.7. The minimum absolute atomic E-state index is 0.161. The molecule has 1 aliphatic heterocycles. The first-order chi connectivity index (χ1) is 20.8. The summed E-state index contributed by atoms with van der Waals surface area (Å²) in [6, 6.07) is 9.31. The zero-order valence-electron chi connectivity index (χ0n) is 24.9. The maximum atomic E-state index is 14.3. The van der Waals surface area contributed by atoms with Crippen LogP contribution in [-0.2, 0) is 22.5 Å². The number of rotatable bonds is 12. The van der Waals surface area contributed by atoms with Crippen LogP contribution in [0.5, 0.6) is 5.88 Å². The lowest BCUT2D eigenvalue weighted by molar-refractivity contribution is -0.136. The van der Waals surface area contributed by atoms with Gasteiger partial charge in [0, 0.05) is 63.1 Å². The molecule has 2 aromatic heterocycles. The van der Waals surface area contributed by atoms with E-state index in [0.717, 1.165) is 24.8 Å². The van der Waals surface area contributed by atoms with E-state index in [4.69, 9.17) is 9.47 Å². The van der Waals surface area contributed by atoms with E-state index in [9.17, 15) is 19.8 Å². The SMILES string of the molecule is CCn1cc(CC(=O)O)c(OCC[C@@H]2CNCCN2C(=O)c2ncn([C@@H]3CCCC[C@@]3(O)COC)c2-c2ccccc2)n1. The fourth-order valence-electron chi connectivity index (χ4n) is 6.38. The number of aromatic nitrogens is 4. The normalized spacial score (nSPS) is 22.4. The number of carbonyl (C=O) groups excluding carboxylic acids is 1. The van der Waals surface area contributed by atoms with E-state index in [-0.39, 0.29) is 37.6 Å². The molecule has 1 aliphatic carbocycles. The molecule has 0 radical (unpaired) electrons. The second-order valence-electron chi connectivity index (χ2n) is 11.4. The highest BCUT2D eigenvalue weighted by Crippen LogP contribution is 2.41. The Balaban J connectivity index is 1.39. The van der Waals surface area contributed by atoms with Gasteiger partial charge in [0.05, 0.1) is 37.7 Å². The van der Waals surface area contributed by atoms with Gasteiger partial charge in [-0.25, -0.2) is 4.98 Å². The number of nitrogens with one attached hydrogen (secondary N) is 1. The lowest BCUT2D eigenvalue weighted by Crippen LogP contribution is -2.54. The van der Waals surface area contributed by atoms with Crippen LogP contribution in [0.2, 0.25) is 0 Å². The number of carboxylic acid groups (broad SMARTS) is 1. The maximum absolute atomic E-state index is 14.3. The second-order valence-corrected chi connectivity index (χ2v) is 11.4. The van der Waals surface area contributed by atoms with Crippen LogP contribution in [0.15, 0.2) is 42.9 Å². The number of aliphatic hydroxyl groups is 1. The molecule has 0 spiro atoms. The van der Waals surface area contributed by atoms with Crippen LogP contribution in [-0.4, -0.2) is 97.9 Å². The number of benzene rings is 1. The molecule has 12 heteroatoms. The van der Waals surface area contributed by atoms with E-state index >= 15 is 0 Å². The summed E-state index contributed by atoms with van der Waals surface area (Å²) < 4.78 is 15.0. The van der Waals surface area contributed by atoms with Gasteiger partial charge in [-0.3, -0.25) is 14.3 Å². The van der Waals surface area contributed by atoms with Crippen molar-refractivity contribution in [2.24, 2.45) is 0 Å². The number of aliphatic carboxylic acids is 1. The number of hydrogen-bond acceptors (Lipinski definition) is 8. The molecule has 3 heterocycles. The summed E-state index contributed by atoms with van der Waals surface area (Å²) in [5.74, 6) is -0.805. The van der Waals surface area contributed by atoms with Gasteiger partial charge in [0.2, 0.25) is 5.88 Å². The van der Waals surface area contributed by atoms with Crippen LogP contribution in [0.4, 0.5) is 0 Å². The number of carbonyl (C=O) groups is 2. The van der Waals surface area contributed by atoms with Crippen LogP contribution in [0.25, 0.3) is 11.3 Å². The molecule has 3 N–H and O–H groups in total. The average Bonchev–Trinajstić information content (AvgIpc) is 3.61. The molecule has 3 atom stereocenters. The number of nitrogens with zero attached hydrogens (tertiary/aromatic N) is 5. The highest BCUT2D eigenvalue weighted by Gasteiger charge is 2.42. The zero-order chi connectivity index (χ0) is 30.4. The Hall–Kier alpha value is -3.74. The van der Waals surface area contributed by atoms with Gasteiger partial charge >= 0.3 is 5.97 Å². The first-order valence-corrected chi connectivity index (χ1v) is 15.1. The molecule has 2 aliphatic rings. The third-order valence-corrected chi connectivity index (χ3v) is 8.50. The predicted octanol–water partition coefficient (Wildman–Crippen LogP) is 2.77. The highest BCUT2D eigenvalue weighted by molar-refractivity contribution is 5.98. The molecule has 12 nitrogen and oxygen atoms in total. The maximum Gasteiger partial charge on any atom is 0.308 e. The lowest BCUT2D eigenvalue weighted by Gasteiger charge is -2.41. The van der Waals surface area contributed by atoms with E-state index in [0.29, 0.717) is 61.9 Å². The summed E-state index contributed by atoms with van der Waals surface area (Å²) in [6.07, 6.45) is 7.01. The summed E-state index contributed by atoms with van der Waals surface area (Å²) in [7, 11) is 1.60. The third-order valence-electron chi connectivity index (χ3n) is 8.50. The van der Waals surface area contributed by atoms with Crippen molar-refractivity contribution in [1.82, 2.24) is 29.5 Å². The molecular weight excluding hydrogens is 552 g/mol. The Labute approximate surface area is 251 Å². The van der Waals surface area contributed by atoms with Crippen molar-refractivity contribution >= 4 is 11.9 Å². The topological polar surface area (TPSA) is 144 Å². The monoisotopic (exact) mass is 594 g/mol. The molecule has 0 unspecified atom stereocenters. The quantitative estimate of drug-likeness (QED) is 0.288. The molecular formula is C31H42N6O6. The number of piperazine rings is 1. The molecule has 1 aromatic carbocycles. The fraction of sp³-hybridized carbons (Fsp3) is 0.548. The predicted molar refractivity (Wildman–Crippen MR) is 159 cm³/mol. The van der Waals surface area contributed by atoms with Crippen molar-refractivity contribution in [2.45, 2.75) is 69.7 Å². The molecule has 5 rings (SSSR count). The summed E-state index contributed by atoms with van der Waals surface area (Å²) in [6.45, 7) is 4.77. The van der Waals surface area contributed by atoms with Crippen LogP contribution in [0.3, 0.4) is 0 Å². The number of imidazole rings is 1.